The molecule has 1 heterocycles. The minimum absolute atomic E-state index is 0.0298. The Morgan fingerprint density at radius 3 is 2.65 bits per heavy atom. The van der Waals surface area contributed by atoms with Gasteiger partial charge in [-0.25, -0.2) is 4.79 Å². The monoisotopic (exact) mass is 325 g/mol. The number of likely N-dealkylation sites (tertiary alicyclic amines) is 1. The van der Waals surface area contributed by atoms with E-state index in [4.69, 9.17) is 4.74 Å². The van der Waals surface area contributed by atoms with Crippen molar-refractivity contribution in [3.8, 4) is 0 Å². The highest BCUT2D eigenvalue weighted by atomic mass is 16.5. The Kier molecular flexibility index (Phi) is 7.65. The zero-order valence-electron chi connectivity index (χ0n) is 14.3. The highest BCUT2D eigenvalue weighted by molar-refractivity contribution is 5.87. The van der Waals surface area contributed by atoms with Crippen molar-refractivity contribution >= 4 is 11.9 Å². The van der Waals surface area contributed by atoms with Crippen LogP contribution in [-0.2, 0) is 9.53 Å². The summed E-state index contributed by atoms with van der Waals surface area (Å²) in [5, 5.41) is 6.05. The summed E-state index contributed by atoms with van der Waals surface area (Å²) in [6.45, 7) is 4.60. The van der Waals surface area contributed by atoms with Crippen LogP contribution in [0.1, 0.15) is 58.3 Å². The lowest BCUT2D eigenvalue weighted by Gasteiger charge is -2.29. The molecule has 1 aliphatic heterocycles. The summed E-state index contributed by atoms with van der Waals surface area (Å²) in [5.41, 5.74) is 0. The van der Waals surface area contributed by atoms with Gasteiger partial charge in [0.15, 0.2) is 0 Å². The molecule has 0 spiro atoms. The third kappa shape index (κ3) is 5.68. The van der Waals surface area contributed by atoms with E-state index in [2.05, 4.69) is 10.6 Å². The number of carbonyl (C=O) groups is 2. The number of rotatable bonds is 7. The molecule has 1 saturated carbocycles. The third-order valence-corrected chi connectivity index (χ3v) is 4.72. The predicted octanol–water partition coefficient (Wildman–Crippen LogP) is 2.04. The molecule has 2 aliphatic rings. The van der Waals surface area contributed by atoms with Crippen LogP contribution < -0.4 is 10.6 Å². The molecule has 0 aromatic carbocycles. The van der Waals surface area contributed by atoms with Crippen LogP contribution in [0.25, 0.3) is 0 Å². The Morgan fingerprint density at radius 1 is 1.13 bits per heavy atom. The van der Waals surface area contributed by atoms with Crippen molar-refractivity contribution in [2.75, 3.05) is 26.3 Å². The van der Waals surface area contributed by atoms with E-state index in [1.165, 1.54) is 19.3 Å². The Bertz CT molecular complexity index is 383. The van der Waals surface area contributed by atoms with Crippen molar-refractivity contribution in [1.29, 1.82) is 0 Å². The Labute approximate surface area is 139 Å². The number of nitrogens with one attached hydrogen (secondary N) is 2. The second kappa shape index (κ2) is 9.75. The quantitative estimate of drug-likeness (QED) is 0.704. The number of amides is 3. The second-order valence-corrected chi connectivity index (χ2v) is 6.48. The lowest BCUT2D eigenvalue weighted by molar-refractivity contribution is -0.124. The number of nitrogens with zero attached hydrogens (tertiary/aromatic N) is 1. The molecule has 0 aromatic heterocycles. The van der Waals surface area contributed by atoms with Crippen molar-refractivity contribution in [3.05, 3.63) is 0 Å². The van der Waals surface area contributed by atoms with Crippen LogP contribution in [-0.4, -0.2) is 55.2 Å². The van der Waals surface area contributed by atoms with Crippen LogP contribution in [0.3, 0.4) is 0 Å². The van der Waals surface area contributed by atoms with Crippen LogP contribution in [0.2, 0.25) is 0 Å². The molecule has 0 aromatic rings. The van der Waals surface area contributed by atoms with Crippen molar-refractivity contribution in [2.24, 2.45) is 0 Å². The zero-order valence-corrected chi connectivity index (χ0v) is 14.3. The van der Waals surface area contributed by atoms with Crippen molar-refractivity contribution < 1.29 is 14.3 Å². The molecule has 2 rings (SSSR count). The molecule has 0 unspecified atom stereocenters. The van der Waals surface area contributed by atoms with Gasteiger partial charge in [0, 0.05) is 32.3 Å². The van der Waals surface area contributed by atoms with E-state index in [1.807, 2.05) is 6.92 Å². The maximum atomic E-state index is 12.5. The molecule has 1 saturated heterocycles. The van der Waals surface area contributed by atoms with Gasteiger partial charge in [0.05, 0.1) is 0 Å². The molecule has 23 heavy (non-hydrogen) atoms. The van der Waals surface area contributed by atoms with Crippen LogP contribution in [0.5, 0.6) is 0 Å². The minimum Gasteiger partial charge on any atom is -0.382 e. The SMILES string of the molecule is CCOCCCNC(=O)[C@H]1CCCN1C(=O)NC1CCCCC1. The first-order valence-electron chi connectivity index (χ1n) is 9.15. The predicted molar refractivity (Wildman–Crippen MR) is 89.3 cm³/mol. The largest absolute Gasteiger partial charge is 0.382 e. The summed E-state index contributed by atoms with van der Waals surface area (Å²) in [5.74, 6) is -0.0298. The van der Waals surface area contributed by atoms with Gasteiger partial charge >= 0.3 is 6.03 Å². The molecule has 0 radical (unpaired) electrons. The molecule has 1 atom stereocenters. The number of carbonyl (C=O) groups excluding carboxylic acids is 2. The Hall–Kier alpha value is -1.30. The van der Waals surface area contributed by atoms with Crippen molar-refractivity contribution in [3.63, 3.8) is 0 Å². The normalized spacial score (nSPS) is 22.1. The van der Waals surface area contributed by atoms with E-state index in [0.29, 0.717) is 26.3 Å². The highest BCUT2D eigenvalue weighted by Crippen LogP contribution is 2.20. The van der Waals surface area contributed by atoms with E-state index >= 15 is 0 Å². The molecular weight excluding hydrogens is 294 g/mol. The van der Waals surface area contributed by atoms with Gasteiger partial charge in [-0.1, -0.05) is 19.3 Å². The van der Waals surface area contributed by atoms with E-state index in [0.717, 1.165) is 32.1 Å². The first-order valence-corrected chi connectivity index (χ1v) is 9.15. The topological polar surface area (TPSA) is 70.7 Å². The number of ether oxygens (including phenoxy) is 1. The standard InChI is InChI=1S/C17H31N3O3/c1-2-23-13-7-11-18-16(21)15-10-6-12-20(15)17(22)19-14-8-4-3-5-9-14/h14-15H,2-13H2,1H3,(H,18,21)(H,19,22)/t15-/m1/s1. The summed E-state index contributed by atoms with van der Waals surface area (Å²) in [4.78, 5) is 26.5. The van der Waals surface area contributed by atoms with Gasteiger partial charge in [-0.15, -0.1) is 0 Å². The van der Waals surface area contributed by atoms with E-state index in [9.17, 15) is 9.59 Å². The van der Waals surface area contributed by atoms with Gasteiger partial charge in [0.1, 0.15) is 6.04 Å². The maximum Gasteiger partial charge on any atom is 0.318 e. The molecule has 3 amide bonds. The lowest BCUT2D eigenvalue weighted by Crippen LogP contribution is -2.52. The molecule has 2 fully saturated rings. The smallest absolute Gasteiger partial charge is 0.318 e. The minimum atomic E-state index is -0.314. The van der Waals surface area contributed by atoms with Gasteiger partial charge in [0.2, 0.25) is 5.91 Å². The van der Waals surface area contributed by atoms with E-state index < -0.39 is 0 Å². The summed E-state index contributed by atoms with van der Waals surface area (Å²) >= 11 is 0. The summed E-state index contributed by atoms with van der Waals surface area (Å²) in [6.07, 6.45) is 8.24. The average molecular weight is 325 g/mol. The van der Waals surface area contributed by atoms with Gasteiger partial charge in [-0.2, -0.15) is 0 Å². The van der Waals surface area contributed by atoms with Gasteiger partial charge in [0.25, 0.3) is 0 Å². The molecule has 132 valence electrons. The lowest BCUT2D eigenvalue weighted by atomic mass is 9.96. The fourth-order valence-corrected chi connectivity index (χ4v) is 3.43. The number of urea groups is 1. The molecular formula is C17H31N3O3. The van der Waals surface area contributed by atoms with Crippen molar-refractivity contribution in [1.82, 2.24) is 15.5 Å². The first kappa shape index (κ1) is 18.0. The van der Waals surface area contributed by atoms with Crippen LogP contribution in [0, 0.1) is 0 Å². The fraction of sp³-hybridized carbons (Fsp3) is 0.882. The summed E-state index contributed by atoms with van der Waals surface area (Å²) in [7, 11) is 0. The maximum absolute atomic E-state index is 12.5. The molecule has 0 bridgehead atoms. The first-order chi connectivity index (χ1) is 11.2. The van der Waals surface area contributed by atoms with E-state index in [1.54, 1.807) is 4.90 Å². The number of hydrogen-bond donors (Lipinski definition) is 2. The average Bonchev–Trinajstić information content (AvgIpc) is 3.05. The molecule has 1 aliphatic carbocycles. The van der Waals surface area contributed by atoms with Gasteiger partial charge in [-0.05, 0) is 39.0 Å². The molecule has 6 heteroatoms. The third-order valence-electron chi connectivity index (χ3n) is 4.72. The van der Waals surface area contributed by atoms with Crippen LogP contribution in [0.4, 0.5) is 4.79 Å². The van der Waals surface area contributed by atoms with Crippen molar-refractivity contribution in [2.45, 2.75) is 70.4 Å². The highest BCUT2D eigenvalue weighted by Gasteiger charge is 2.34. The van der Waals surface area contributed by atoms with E-state index in [-0.39, 0.29) is 24.0 Å². The molecule has 2 N–H and O–H groups in total. The van der Waals surface area contributed by atoms with Crippen LogP contribution in [0.15, 0.2) is 0 Å². The van der Waals surface area contributed by atoms with Crippen LogP contribution >= 0.6 is 0 Å². The Balaban J connectivity index is 1.74. The number of hydrogen-bond acceptors (Lipinski definition) is 3. The summed E-state index contributed by atoms with van der Waals surface area (Å²) < 4.78 is 5.26. The van der Waals surface area contributed by atoms with Gasteiger partial charge in [-0.3, -0.25) is 4.79 Å². The summed E-state index contributed by atoms with van der Waals surface area (Å²) in [6, 6.07) is -0.0960. The fourth-order valence-electron chi connectivity index (χ4n) is 3.43. The zero-order chi connectivity index (χ0) is 16.5. The second-order valence-electron chi connectivity index (χ2n) is 6.48. The Morgan fingerprint density at radius 2 is 1.91 bits per heavy atom. The molecule has 6 nitrogen and oxygen atoms in total. The van der Waals surface area contributed by atoms with Gasteiger partial charge < -0.3 is 20.3 Å².